The molecule has 6 nitrogen and oxygen atoms in total. The van der Waals surface area contributed by atoms with Gasteiger partial charge in [0.1, 0.15) is 10.3 Å². The maximum Gasteiger partial charge on any atom is 0.253 e. The summed E-state index contributed by atoms with van der Waals surface area (Å²) in [6, 6.07) is 8.20. The quantitative estimate of drug-likeness (QED) is 0.551. The van der Waals surface area contributed by atoms with Crippen LogP contribution in [0.5, 0.6) is 0 Å². The number of carbonyl (C=O) groups is 1. The Hall–Kier alpha value is -1.17. The van der Waals surface area contributed by atoms with Crippen molar-refractivity contribution in [3.63, 3.8) is 0 Å². The van der Waals surface area contributed by atoms with Crippen LogP contribution in [0.25, 0.3) is 10.2 Å². The molecule has 2 aromatic heterocycles. The average Bonchev–Trinajstić information content (AvgIpc) is 3.39. The minimum atomic E-state index is -3.75. The molecule has 0 unspecified atom stereocenters. The molecule has 0 aliphatic carbocycles. The van der Waals surface area contributed by atoms with Crippen LogP contribution in [0, 0.1) is 0 Å². The summed E-state index contributed by atoms with van der Waals surface area (Å²) in [7, 11) is -3.75. The van der Waals surface area contributed by atoms with Crippen molar-refractivity contribution in [3.8, 4) is 0 Å². The number of nitrogens with zero attached hydrogens (tertiary/aromatic N) is 2. The number of halogens is 1. The Kier molecular flexibility index (Phi) is 5.69. The number of anilines is 1. The van der Waals surface area contributed by atoms with Gasteiger partial charge in [0.25, 0.3) is 10.0 Å². The maximum atomic E-state index is 12.9. The highest BCUT2D eigenvalue weighted by atomic mass is 35.5. The maximum absolute atomic E-state index is 12.9. The van der Waals surface area contributed by atoms with E-state index in [2.05, 4.69) is 10.3 Å². The van der Waals surface area contributed by atoms with Gasteiger partial charge in [-0.3, -0.25) is 4.79 Å². The minimum absolute atomic E-state index is 0.154. The zero-order valence-electron chi connectivity index (χ0n) is 14.7. The van der Waals surface area contributed by atoms with Gasteiger partial charge in [-0.1, -0.05) is 22.9 Å². The number of hydrogen-bond donors (Lipinski definition) is 1. The van der Waals surface area contributed by atoms with E-state index in [9.17, 15) is 13.2 Å². The van der Waals surface area contributed by atoms with Crippen LogP contribution < -0.4 is 5.32 Å². The van der Waals surface area contributed by atoms with Gasteiger partial charge in [0, 0.05) is 11.4 Å². The van der Waals surface area contributed by atoms with Crippen molar-refractivity contribution < 1.29 is 13.2 Å². The molecule has 0 spiro atoms. The van der Waals surface area contributed by atoms with Crippen molar-refractivity contribution in [2.75, 3.05) is 18.1 Å². The molecular weight excluding hydrogens is 458 g/mol. The van der Waals surface area contributed by atoms with Crippen molar-refractivity contribution in [1.82, 2.24) is 9.29 Å². The lowest BCUT2D eigenvalue weighted by molar-refractivity contribution is -0.119. The number of fused-ring (bicyclic) bond motifs is 1. The fourth-order valence-electron chi connectivity index (χ4n) is 3.12. The second kappa shape index (κ2) is 7.92. The SMILES string of the molecule is CSc1ccc2nc(NC(=O)[C@@H]3CCCN3S(=O)(=O)c3ccc(Cl)s3)sc2c1. The van der Waals surface area contributed by atoms with E-state index >= 15 is 0 Å². The first-order valence-corrected chi connectivity index (χ1v) is 13.1. The zero-order valence-corrected chi connectivity index (χ0v) is 18.7. The van der Waals surface area contributed by atoms with Crippen molar-refractivity contribution in [2.24, 2.45) is 0 Å². The number of thioether (sulfide) groups is 1. The smallest absolute Gasteiger partial charge is 0.253 e. The minimum Gasteiger partial charge on any atom is -0.301 e. The molecule has 3 aromatic rings. The van der Waals surface area contributed by atoms with Gasteiger partial charge >= 0.3 is 0 Å². The Bertz CT molecular complexity index is 1140. The van der Waals surface area contributed by atoms with Crippen LogP contribution in [-0.2, 0) is 14.8 Å². The monoisotopic (exact) mass is 473 g/mol. The van der Waals surface area contributed by atoms with E-state index in [1.807, 2.05) is 24.5 Å². The summed E-state index contributed by atoms with van der Waals surface area (Å²) in [6.45, 7) is 0.312. The predicted molar refractivity (Wildman–Crippen MR) is 116 cm³/mol. The number of carbonyl (C=O) groups excluding carboxylic acids is 1. The molecule has 1 aromatic carbocycles. The Labute approximate surface area is 180 Å². The van der Waals surface area contributed by atoms with Crippen molar-refractivity contribution >= 4 is 77.3 Å². The second-order valence-electron chi connectivity index (χ2n) is 6.17. The molecule has 1 aliphatic heterocycles. The standard InChI is InChI=1S/C17H16ClN3O3S4/c1-25-10-4-5-11-13(9-10)26-17(19-11)20-16(22)12-3-2-8-21(12)28(23,24)15-7-6-14(18)27-15/h4-7,9,12H,2-3,8H2,1H3,(H,19,20,22)/t12-/m0/s1. The summed E-state index contributed by atoms with van der Waals surface area (Å²) < 4.78 is 28.6. The van der Waals surface area contributed by atoms with Crippen molar-refractivity contribution in [2.45, 2.75) is 28.0 Å². The molecule has 1 saturated heterocycles. The van der Waals surface area contributed by atoms with Crippen LogP contribution in [0.1, 0.15) is 12.8 Å². The number of amides is 1. The van der Waals surface area contributed by atoms with Crippen molar-refractivity contribution in [3.05, 3.63) is 34.7 Å². The van der Waals surface area contributed by atoms with Crippen molar-refractivity contribution in [1.29, 1.82) is 0 Å². The molecule has 1 aliphatic rings. The lowest BCUT2D eigenvalue weighted by atomic mass is 10.2. The van der Waals surface area contributed by atoms with Gasteiger partial charge < -0.3 is 5.32 Å². The van der Waals surface area contributed by atoms with Crippen LogP contribution in [0.4, 0.5) is 5.13 Å². The highest BCUT2D eigenvalue weighted by Crippen LogP contribution is 2.33. The number of sulfonamides is 1. The number of rotatable bonds is 5. The number of thiophene rings is 1. The van der Waals surface area contributed by atoms with Gasteiger partial charge in [-0.25, -0.2) is 13.4 Å². The normalized spacial score (nSPS) is 18.0. The van der Waals surface area contributed by atoms with Gasteiger partial charge in [-0.05, 0) is 49.4 Å². The molecule has 0 bridgehead atoms. The van der Waals surface area contributed by atoms with Gasteiger partial charge in [-0.15, -0.1) is 23.1 Å². The van der Waals surface area contributed by atoms with Gasteiger partial charge in [0.2, 0.25) is 5.91 Å². The summed E-state index contributed by atoms with van der Waals surface area (Å²) >= 11 is 9.91. The van der Waals surface area contributed by atoms with E-state index in [0.29, 0.717) is 28.9 Å². The average molecular weight is 474 g/mol. The number of nitrogens with one attached hydrogen (secondary N) is 1. The highest BCUT2D eigenvalue weighted by Gasteiger charge is 2.40. The number of hydrogen-bond acceptors (Lipinski definition) is 7. The molecule has 1 fully saturated rings. The number of thiazole rings is 1. The fraction of sp³-hybridized carbons (Fsp3) is 0.294. The highest BCUT2D eigenvalue weighted by molar-refractivity contribution is 7.98. The summed E-state index contributed by atoms with van der Waals surface area (Å²) in [5, 5.41) is 3.28. The molecule has 4 rings (SSSR count). The predicted octanol–water partition coefficient (Wildman–Crippen LogP) is 4.52. The summed E-state index contributed by atoms with van der Waals surface area (Å²) in [4.78, 5) is 18.4. The van der Waals surface area contributed by atoms with Crippen LogP contribution in [-0.4, -0.2) is 42.5 Å². The Balaban J connectivity index is 1.55. The van der Waals surface area contributed by atoms with Gasteiger partial charge in [0.15, 0.2) is 5.13 Å². The third-order valence-corrected chi connectivity index (χ3v) is 9.71. The summed E-state index contributed by atoms with van der Waals surface area (Å²) in [5.41, 5.74) is 0.808. The summed E-state index contributed by atoms with van der Waals surface area (Å²) in [5.74, 6) is -0.354. The van der Waals surface area contributed by atoms with E-state index in [1.54, 1.807) is 17.8 Å². The van der Waals surface area contributed by atoms with Crippen LogP contribution >= 0.6 is 46.0 Å². The van der Waals surface area contributed by atoms with E-state index in [1.165, 1.54) is 21.7 Å². The lowest BCUT2D eigenvalue weighted by Gasteiger charge is -2.22. The van der Waals surface area contributed by atoms with Gasteiger partial charge in [-0.2, -0.15) is 4.31 Å². The molecule has 3 heterocycles. The largest absolute Gasteiger partial charge is 0.301 e. The molecule has 1 amide bonds. The third kappa shape index (κ3) is 3.81. The molecule has 11 heteroatoms. The Morgan fingerprint density at radius 3 is 2.86 bits per heavy atom. The molecule has 0 radical (unpaired) electrons. The van der Waals surface area contributed by atoms with E-state index in [0.717, 1.165) is 26.4 Å². The van der Waals surface area contributed by atoms with Crippen LogP contribution in [0.15, 0.2) is 39.4 Å². The first-order valence-electron chi connectivity index (χ1n) is 8.41. The molecule has 1 N–H and O–H groups in total. The molecule has 0 saturated carbocycles. The third-order valence-electron chi connectivity index (χ3n) is 4.44. The number of benzene rings is 1. The topological polar surface area (TPSA) is 79.4 Å². The molecule has 28 heavy (non-hydrogen) atoms. The molecule has 148 valence electrons. The van der Waals surface area contributed by atoms with E-state index < -0.39 is 16.1 Å². The second-order valence-corrected chi connectivity index (χ2v) is 11.9. The summed E-state index contributed by atoms with van der Waals surface area (Å²) in [6.07, 6.45) is 3.11. The molecular formula is C17H16ClN3O3S4. The zero-order chi connectivity index (χ0) is 19.9. The fourth-order valence-corrected chi connectivity index (χ4v) is 7.81. The lowest BCUT2D eigenvalue weighted by Crippen LogP contribution is -2.42. The Morgan fingerprint density at radius 1 is 1.32 bits per heavy atom. The van der Waals surface area contributed by atoms with E-state index in [4.69, 9.17) is 11.6 Å². The Morgan fingerprint density at radius 2 is 2.14 bits per heavy atom. The van der Waals surface area contributed by atoms with Crippen LogP contribution in [0.2, 0.25) is 4.34 Å². The van der Waals surface area contributed by atoms with E-state index in [-0.39, 0.29) is 10.1 Å². The first-order chi connectivity index (χ1) is 13.4. The number of aromatic nitrogens is 1. The van der Waals surface area contributed by atoms with Gasteiger partial charge in [0.05, 0.1) is 14.6 Å². The van der Waals surface area contributed by atoms with Crippen LogP contribution in [0.3, 0.4) is 0 Å². The first kappa shape index (κ1) is 20.1. The molecule has 1 atom stereocenters.